The quantitative estimate of drug-likeness (QED) is 0.175. The number of benzene rings is 1. The second-order valence-corrected chi connectivity index (χ2v) is 10.1. The fraction of sp³-hybridized carbons (Fsp3) is 0.692. The van der Waals surface area contributed by atoms with Crippen molar-refractivity contribution in [2.75, 3.05) is 20.2 Å². The molecule has 38 heavy (non-hydrogen) atoms. The molecule has 0 atom stereocenters. The van der Waals surface area contributed by atoms with Crippen LogP contribution in [0.25, 0.3) is 0 Å². The maximum atomic E-state index is 13.2. The van der Waals surface area contributed by atoms with Gasteiger partial charge in [0.05, 0.1) is 6.61 Å². The summed E-state index contributed by atoms with van der Waals surface area (Å²) in [7, 11) is 1.60. The zero-order chi connectivity index (χ0) is 28.9. The number of ether oxygens (including phenoxy) is 1. The minimum Gasteiger partial charge on any atom is -0.493 e. The third-order valence-corrected chi connectivity index (χ3v) is 6.98. The number of alkyl halides is 6. The van der Waals surface area contributed by atoms with Crippen molar-refractivity contribution >= 4 is 11.9 Å². The van der Waals surface area contributed by atoms with Crippen LogP contribution in [0.5, 0.6) is 5.75 Å². The minimum absolute atomic E-state index is 0.164. The van der Waals surface area contributed by atoms with E-state index in [1.807, 2.05) is 0 Å². The molecular weight excluding hydrogens is 518 g/mol. The van der Waals surface area contributed by atoms with Gasteiger partial charge >= 0.3 is 18.4 Å². The number of unbranched alkanes of at least 4 members (excludes halogenated alkanes) is 5. The van der Waals surface area contributed by atoms with E-state index in [1.165, 1.54) is 9.80 Å². The zero-order valence-corrected chi connectivity index (χ0v) is 22.1. The number of amides is 3. The third-order valence-electron chi connectivity index (χ3n) is 6.98. The number of carbonyl (C=O) groups excluding carboxylic acids is 2. The van der Waals surface area contributed by atoms with Crippen LogP contribution in [0.3, 0.4) is 0 Å². The van der Waals surface area contributed by atoms with Gasteiger partial charge in [-0.05, 0) is 50.8 Å². The number of hydrogen-bond acceptors (Lipinski definition) is 4. The van der Waals surface area contributed by atoms with Gasteiger partial charge in [0.25, 0.3) is 11.5 Å². The van der Waals surface area contributed by atoms with Crippen molar-refractivity contribution in [2.24, 2.45) is 0 Å². The van der Waals surface area contributed by atoms with Gasteiger partial charge in [0.1, 0.15) is 11.3 Å². The lowest BCUT2D eigenvalue weighted by molar-refractivity contribution is -0.376. The van der Waals surface area contributed by atoms with Crippen LogP contribution < -0.4 is 4.74 Å². The molecule has 0 spiro atoms. The van der Waals surface area contributed by atoms with Crippen LogP contribution in [0.1, 0.15) is 76.8 Å². The molecule has 6 nitrogen and oxygen atoms in total. The van der Waals surface area contributed by atoms with Gasteiger partial charge in [0.15, 0.2) is 0 Å². The highest BCUT2D eigenvalue weighted by molar-refractivity contribution is 6.06. The normalized spacial score (nSPS) is 16.5. The summed E-state index contributed by atoms with van der Waals surface area (Å²) in [6.07, 6.45) is -6.57. The fourth-order valence-electron chi connectivity index (χ4n) is 4.34. The van der Waals surface area contributed by atoms with E-state index in [-0.39, 0.29) is 36.3 Å². The zero-order valence-electron chi connectivity index (χ0n) is 22.1. The Labute approximate surface area is 218 Å². The molecule has 3 amide bonds. The first-order valence-corrected chi connectivity index (χ1v) is 12.7. The van der Waals surface area contributed by atoms with E-state index < -0.39 is 29.1 Å². The Kier molecular flexibility index (Phi) is 10.1. The molecule has 2 rings (SSSR count). The predicted octanol–water partition coefficient (Wildman–Crippen LogP) is 6.34. The molecular formula is C26H36F6N2O4. The molecule has 1 aliphatic rings. The summed E-state index contributed by atoms with van der Waals surface area (Å²) in [5, 5.41) is 9.67. The number of carbonyl (C=O) groups is 2. The maximum Gasteiger partial charge on any atom is 0.430 e. The number of hydrogen-bond donors (Lipinski definition) is 1. The maximum absolute atomic E-state index is 13.2. The van der Waals surface area contributed by atoms with Crippen molar-refractivity contribution in [3.8, 4) is 5.75 Å². The SMILES string of the molecule is CCCc1cc(C(O)(C(F)(F)F)C(F)(F)F)ccc1OCCCCCCCCN1C(=O)N(C)C(C)(C)C1=O. The summed E-state index contributed by atoms with van der Waals surface area (Å²) in [5.74, 6) is -0.0192. The van der Waals surface area contributed by atoms with Crippen LogP contribution in [0.4, 0.5) is 31.1 Å². The van der Waals surface area contributed by atoms with Crippen LogP contribution in [-0.2, 0) is 16.8 Å². The smallest absolute Gasteiger partial charge is 0.430 e. The van der Waals surface area contributed by atoms with Gasteiger partial charge in [-0.3, -0.25) is 9.69 Å². The number of rotatable bonds is 13. The Morgan fingerprint density at radius 3 is 1.97 bits per heavy atom. The van der Waals surface area contributed by atoms with Crippen LogP contribution >= 0.6 is 0 Å². The Morgan fingerprint density at radius 2 is 1.47 bits per heavy atom. The Hall–Kier alpha value is -2.50. The number of urea groups is 1. The fourth-order valence-corrected chi connectivity index (χ4v) is 4.34. The van der Waals surface area contributed by atoms with E-state index in [2.05, 4.69) is 0 Å². The molecule has 0 bridgehead atoms. The molecule has 1 fully saturated rings. The molecule has 1 heterocycles. The van der Waals surface area contributed by atoms with E-state index in [4.69, 9.17) is 4.74 Å². The molecule has 1 aliphatic heterocycles. The molecule has 0 radical (unpaired) electrons. The molecule has 0 saturated carbocycles. The monoisotopic (exact) mass is 554 g/mol. The second kappa shape index (κ2) is 12.1. The molecule has 1 N–H and O–H groups in total. The predicted molar refractivity (Wildman–Crippen MR) is 129 cm³/mol. The number of imide groups is 1. The van der Waals surface area contributed by atoms with Gasteiger partial charge < -0.3 is 14.7 Å². The molecule has 1 aromatic rings. The lowest BCUT2D eigenvalue weighted by Crippen LogP contribution is -2.53. The van der Waals surface area contributed by atoms with Gasteiger partial charge in [-0.1, -0.05) is 45.1 Å². The molecule has 12 heteroatoms. The Morgan fingerprint density at radius 1 is 0.921 bits per heavy atom. The number of aryl methyl sites for hydroxylation is 1. The van der Waals surface area contributed by atoms with Gasteiger partial charge in [0, 0.05) is 19.2 Å². The van der Waals surface area contributed by atoms with Crippen molar-refractivity contribution in [3.63, 3.8) is 0 Å². The molecule has 0 aliphatic carbocycles. The highest BCUT2D eigenvalue weighted by Gasteiger charge is 2.71. The van der Waals surface area contributed by atoms with E-state index in [0.29, 0.717) is 37.9 Å². The standard InChI is InChI=1S/C26H36F6N2O4/c1-5-12-18-17-19(24(37,25(27,28)29)26(30,31)32)13-14-20(18)38-16-11-9-7-6-8-10-15-34-21(35)23(2,3)33(4)22(34)36/h13-14,17,37H,5-12,15-16H2,1-4H3. The van der Waals surface area contributed by atoms with Crippen LogP contribution in [0, 0.1) is 0 Å². The summed E-state index contributed by atoms with van der Waals surface area (Å²) in [6.45, 7) is 5.74. The summed E-state index contributed by atoms with van der Waals surface area (Å²) in [4.78, 5) is 27.3. The lowest BCUT2D eigenvalue weighted by Gasteiger charge is -2.33. The molecule has 1 saturated heterocycles. The summed E-state index contributed by atoms with van der Waals surface area (Å²) in [5.41, 5.74) is -6.94. The van der Waals surface area contributed by atoms with Gasteiger partial charge in [-0.25, -0.2) is 4.79 Å². The molecule has 1 aromatic carbocycles. The lowest BCUT2D eigenvalue weighted by atomic mass is 9.90. The third kappa shape index (κ3) is 6.55. The van der Waals surface area contributed by atoms with Gasteiger partial charge in [-0.2, -0.15) is 26.3 Å². The van der Waals surface area contributed by atoms with E-state index >= 15 is 0 Å². The average Bonchev–Trinajstić information content (AvgIpc) is 2.96. The number of aliphatic hydroxyl groups is 1. The summed E-state index contributed by atoms with van der Waals surface area (Å²) < 4.78 is 85.0. The van der Waals surface area contributed by atoms with Gasteiger partial charge in [-0.15, -0.1) is 0 Å². The van der Waals surface area contributed by atoms with Crippen molar-refractivity contribution < 1.29 is 45.8 Å². The molecule has 0 aromatic heterocycles. The average molecular weight is 555 g/mol. The van der Waals surface area contributed by atoms with Crippen LogP contribution in [0.15, 0.2) is 18.2 Å². The van der Waals surface area contributed by atoms with Crippen molar-refractivity contribution in [2.45, 2.75) is 95.6 Å². The molecule has 0 unspecified atom stereocenters. The van der Waals surface area contributed by atoms with E-state index in [9.17, 15) is 41.0 Å². The van der Waals surface area contributed by atoms with E-state index in [0.717, 1.165) is 31.7 Å². The van der Waals surface area contributed by atoms with Gasteiger partial charge in [0.2, 0.25) is 0 Å². The number of nitrogens with zero attached hydrogens (tertiary/aromatic N) is 2. The first-order chi connectivity index (χ1) is 17.5. The highest BCUT2D eigenvalue weighted by atomic mass is 19.4. The van der Waals surface area contributed by atoms with E-state index in [1.54, 1.807) is 27.8 Å². The first kappa shape index (κ1) is 31.7. The highest BCUT2D eigenvalue weighted by Crippen LogP contribution is 2.50. The van der Waals surface area contributed by atoms with Crippen LogP contribution in [-0.4, -0.2) is 64.9 Å². The topological polar surface area (TPSA) is 70.1 Å². The Balaban J connectivity index is 1.82. The van der Waals surface area contributed by atoms with Crippen molar-refractivity contribution in [3.05, 3.63) is 29.3 Å². The largest absolute Gasteiger partial charge is 0.493 e. The summed E-state index contributed by atoms with van der Waals surface area (Å²) in [6, 6.07) is 2.07. The van der Waals surface area contributed by atoms with Crippen molar-refractivity contribution in [1.29, 1.82) is 0 Å². The first-order valence-electron chi connectivity index (χ1n) is 12.7. The minimum atomic E-state index is -5.94. The van der Waals surface area contributed by atoms with Crippen LogP contribution in [0.2, 0.25) is 0 Å². The second-order valence-electron chi connectivity index (χ2n) is 10.1. The van der Waals surface area contributed by atoms with Crippen molar-refractivity contribution in [1.82, 2.24) is 9.80 Å². The summed E-state index contributed by atoms with van der Waals surface area (Å²) >= 11 is 0. The molecule has 216 valence electrons. The Bertz CT molecular complexity index is 963. The number of likely N-dealkylation sites (N-methyl/N-ethyl adjacent to an activating group) is 1. The number of halogens is 6.